The van der Waals surface area contributed by atoms with Gasteiger partial charge in [0.2, 0.25) is 0 Å². The van der Waals surface area contributed by atoms with E-state index in [1.165, 1.54) is 5.69 Å². The van der Waals surface area contributed by atoms with Crippen molar-refractivity contribution in [2.45, 2.75) is 18.4 Å². The van der Waals surface area contributed by atoms with Crippen molar-refractivity contribution in [1.82, 2.24) is 4.98 Å². The Bertz CT molecular complexity index is 484. The van der Waals surface area contributed by atoms with Gasteiger partial charge in [-0.25, -0.2) is 0 Å². The van der Waals surface area contributed by atoms with Gasteiger partial charge in [0.25, 0.3) is 0 Å². The quantitative estimate of drug-likeness (QED) is 0.849. The number of hydrogen-bond acceptors (Lipinski definition) is 2. The number of aromatic nitrogens is 1. The normalized spacial score (nSPS) is 18.8. The third-order valence-electron chi connectivity index (χ3n) is 3.81. The molecule has 3 heteroatoms. The van der Waals surface area contributed by atoms with Crippen LogP contribution in [0, 0.1) is 0 Å². The second-order valence-corrected chi connectivity index (χ2v) is 4.94. The van der Waals surface area contributed by atoms with Crippen molar-refractivity contribution in [3.05, 3.63) is 54.4 Å². The first-order chi connectivity index (χ1) is 8.78. The summed E-state index contributed by atoms with van der Waals surface area (Å²) in [5, 5.41) is 10.6. The largest absolute Gasteiger partial charge is 0.384 e. The maximum absolute atomic E-state index is 10.6. The van der Waals surface area contributed by atoms with Crippen molar-refractivity contribution >= 4 is 5.69 Å². The first-order valence-corrected chi connectivity index (χ1v) is 6.44. The molecule has 1 aromatic heterocycles. The van der Waals surface area contributed by atoms with Crippen molar-refractivity contribution in [3.63, 3.8) is 0 Å². The van der Waals surface area contributed by atoms with Crippen LogP contribution in [-0.2, 0) is 5.60 Å². The molecule has 0 radical (unpaired) electrons. The summed E-state index contributed by atoms with van der Waals surface area (Å²) in [5.74, 6) is 0. The van der Waals surface area contributed by atoms with Crippen LogP contribution in [0.5, 0.6) is 0 Å². The van der Waals surface area contributed by atoms with Crippen LogP contribution in [0.4, 0.5) is 5.69 Å². The molecule has 0 unspecified atom stereocenters. The highest BCUT2D eigenvalue weighted by molar-refractivity contribution is 5.46. The molecule has 2 aromatic rings. The Labute approximate surface area is 107 Å². The Morgan fingerprint density at radius 2 is 1.72 bits per heavy atom. The van der Waals surface area contributed by atoms with Crippen molar-refractivity contribution in [2.75, 3.05) is 18.0 Å². The molecular weight excluding hydrogens is 224 g/mol. The van der Waals surface area contributed by atoms with Gasteiger partial charge in [0, 0.05) is 30.7 Å². The zero-order valence-corrected chi connectivity index (χ0v) is 10.3. The predicted octanol–water partition coefficient (Wildman–Crippen LogP) is 2.50. The lowest BCUT2D eigenvalue weighted by Gasteiger charge is -2.38. The van der Waals surface area contributed by atoms with Gasteiger partial charge in [0.15, 0.2) is 0 Å². The van der Waals surface area contributed by atoms with E-state index < -0.39 is 5.60 Å². The number of nitrogens with one attached hydrogen (secondary N) is 1. The highest BCUT2D eigenvalue weighted by atomic mass is 16.3. The Hall–Kier alpha value is -1.74. The molecule has 1 fully saturated rings. The van der Waals surface area contributed by atoms with Gasteiger partial charge >= 0.3 is 0 Å². The summed E-state index contributed by atoms with van der Waals surface area (Å²) in [7, 11) is 0. The molecule has 2 N–H and O–H groups in total. The highest BCUT2D eigenvalue weighted by Crippen LogP contribution is 2.33. The number of aliphatic hydroxyl groups is 1. The maximum atomic E-state index is 10.6. The SMILES string of the molecule is OC1(c2ccc[nH]2)CCN(c2ccccc2)CC1. The van der Waals surface area contributed by atoms with Crippen molar-refractivity contribution in [1.29, 1.82) is 0 Å². The van der Waals surface area contributed by atoms with Gasteiger partial charge in [-0.3, -0.25) is 0 Å². The number of hydrogen-bond donors (Lipinski definition) is 2. The number of para-hydroxylation sites is 1. The van der Waals surface area contributed by atoms with Crippen LogP contribution in [0.3, 0.4) is 0 Å². The highest BCUT2D eigenvalue weighted by Gasteiger charge is 2.34. The topological polar surface area (TPSA) is 39.3 Å². The van der Waals surface area contributed by atoms with Crippen molar-refractivity contribution in [3.8, 4) is 0 Å². The van der Waals surface area contributed by atoms with E-state index >= 15 is 0 Å². The summed E-state index contributed by atoms with van der Waals surface area (Å²) in [6.07, 6.45) is 3.40. The molecule has 1 aromatic carbocycles. The van der Waals surface area contributed by atoms with Crippen LogP contribution in [0.2, 0.25) is 0 Å². The molecule has 0 amide bonds. The second-order valence-electron chi connectivity index (χ2n) is 4.94. The fraction of sp³-hybridized carbons (Fsp3) is 0.333. The van der Waals surface area contributed by atoms with Crippen LogP contribution >= 0.6 is 0 Å². The number of nitrogens with zero attached hydrogens (tertiary/aromatic N) is 1. The molecule has 1 aliphatic heterocycles. The second kappa shape index (κ2) is 4.50. The third-order valence-corrected chi connectivity index (χ3v) is 3.81. The monoisotopic (exact) mass is 242 g/mol. The zero-order valence-electron chi connectivity index (χ0n) is 10.3. The molecule has 0 aliphatic carbocycles. The summed E-state index contributed by atoms with van der Waals surface area (Å²) < 4.78 is 0. The third kappa shape index (κ3) is 2.02. The van der Waals surface area contributed by atoms with Gasteiger partial charge in [-0.1, -0.05) is 18.2 Å². The number of benzene rings is 1. The van der Waals surface area contributed by atoms with Crippen LogP contribution < -0.4 is 4.90 Å². The number of anilines is 1. The fourth-order valence-electron chi connectivity index (χ4n) is 2.66. The van der Waals surface area contributed by atoms with Gasteiger partial charge < -0.3 is 15.0 Å². The standard InChI is InChI=1S/C15H18N2O/c18-15(14-7-4-10-16-14)8-11-17(12-9-15)13-5-2-1-3-6-13/h1-7,10,16,18H,8-9,11-12H2. The Balaban J connectivity index is 1.72. The molecule has 18 heavy (non-hydrogen) atoms. The average molecular weight is 242 g/mol. The van der Waals surface area contributed by atoms with Crippen LogP contribution in [-0.4, -0.2) is 23.2 Å². The molecule has 1 aliphatic rings. The molecule has 3 nitrogen and oxygen atoms in total. The van der Waals surface area contributed by atoms with Crippen LogP contribution in [0.15, 0.2) is 48.7 Å². The van der Waals surface area contributed by atoms with E-state index in [1.807, 2.05) is 24.4 Å². The van der Waals surface area contributed by atoms with Gasteiger partial charge in [-0.15, -0.1) is 0 Å². The Morgan fingerprint density at radius 1 is 1.00 bits per heavy atom. The van der Waals surface area contributed by atoms with E-state index in [2.05, 4.69) is 34.1 Å². The molecule has 0 bridgehead atoms. The van der Waals surface area contributed by atoms with Crippen molar-refractivity contribution < 1.29 is 5.11 Å². The number of piperidine rings is 1. The van der Waals surface area contributed by atoms with E-state index in [0.29, 0.717) is 0 Å². The van der Waals surface area contributed by atoms with Crippen LogP contribution in [0.1, 0.15) is 18.5 Å². The van der Waals surface area contributed by atoms with E-state index in [1.54, 1.807) is 0 Å². The zero-order chi connectivity index (χ0) is 12.4. The number of aromatic amines is 1. The maximum Gasteiger partial charge on any atom is 0.108 e. The minimum absolute atomic E-state index is 0.686. The average Bonchev–Trinajstić information content (AvgIpc) is 2.95. The number of H-pyrrole nitrogens is 1. The predicted molar refractivity (Wildman–Crippen MR) is 72.6 cm³/mol. The molecule has 0 spiro atoms. The van der Waals surface area contributed by atoms with Crippen LogP contribution in [0.25, 0.3) is 0 Å². The minimum Gasteiger partial charge on any atom is -0.384 e. The smallest absolute Gasteiger partial charge is 0.108 e. The molecular formula is C15H18N2O. The fourth-order valence-corrected chi connectivity index (χ4v) is 2.66. The summed E-state index contributed by atoms with van der Waals surface area (Å²) in [5.41, 5.74) is 1.50. The Kier molecular flexibility index (Phi) is 2.84. The van der Waals surface area contributed by atoms with Gasteiger partial charge in [-0.05, 0) is 37.1 Å². The minimum atomic E-state index is -0.686. The van der Waals surface area contributed by atoms with E-state index in [0.717, 1.165) is 31.6 Å². The van der Waals surface area contributed by atoms with Gasteiger partial charge in [0.1, 0.15) is 5.60 Å². The van der Waals surface area contributed by atoms with E-state index in [-0.39, 0.29) is 0 Å². The van der Waals surface area contributed by atoms with E-state index in [9.17, 15) is 5.11 Å². The van der Waals surface area contributed by atoms with Gasteiger partial charge in [-0.2, -0.15) is 0 Å². The molecule has 1 saturated heterocycles. The van der Waals surface area contributed by atoms with Gasteiger partial charge in [0.05, 0.1) is 0 Å². The summed E-state index contributed by atoms with van der Waals surface area (Å²) in [4.78, 5) is 5.46. The molecule has 0 saturated carbocycles. The lowest BCUT2D eigenvalue weighted by Crippen LogP contribution is -2.42. The molecule has 3 rings (SSSR count). The first-order valence-electron chi connectivity index (χ1n) is 6.44. The first kappa shape index (κ1) is 11.4. The van der Waals surface area contributed by atoms with Crippen molar-refractivity contribution in [2.24, 2.45) is 0 Å². The lowest BCUT2D eigenvalue weighted by atomic mass is 9.88. The summed E-state index contributed by atoms with van der Waals surface area (Å²) >= 11 is 0. The van der Waals surface area contributed by atoms with E-state index in [4.69, 9.17) is 0 Å². The molecule has 0 atom stereocenters. The summed E-state index contributed by atoms with van der Waals surface area (Å²) in [6.45, 7) is 1.78. The molecule has 94 valence electrons. The number of rotatable bonds is 2. The molecule has 2 heterocycles. The lowest BCUT2D eigenvalue weighted by molar-refractivity contribution is 0.00810. The summed E-state index contributed by atoms with van der Waals surface area (Å²) in [6, 6.07) is 14.3. The Morgan fingerprint density at radius 3 is 2.33 bits per heavy atom.